The summed E-state index contributed by atoms with van der Waals surface area (Å²) in [6.45, 7) is 3.20. The molecule has 3 aromatic carbocycles. The summed E-state index contributed by atoms with van der Waals surface area (Å²) in [6, 6.07) is 19.8. The van der Waals surface area contributed by atoms with Gasteiger partial charge in [-0.05, 0) is 72.4 Å². The van der Waals surface area contributed by atoms with E-state index in [1.54, 1.807) is 24.3 Å². The number of hydrogen-bond donors (Lipinski definition) is 4. The second-order valence-electron chi connectivity index (χ2n) is 12.8. The number of nitrogens with zero attached hydrogens (tertiary/aromatic N) is 3. The lowest BCUT2D eigenvalue weighted by Crippen LogP contribution is -2.38. The van der Waals surface area contributed by atoms with Gasteiger partial charge in [0.15, 0.2) is 0 Å². The van der Waals surface area contributed by atoms with E-state index in [-0.39, 0.29) is 45.6 Å². The molecule has 0 unspecified atom stereocenters. The number of ether oxygens (including phenoxy) is 2. The molecule has 0 aliphatic heterocycles. The summed E-state index contributed by atoms with van der Waals surface area (Å²) in [4.78, 5) is 43.1. The Hall–Kier alpha value is -3.49. The van der Waals surface area contributed by atoms with Gasteiger partial charge in [0.1, 0.15) is 31.3 Å². The van der Waals surface area contributed by atoms with E-state index in [2.05, 4.69) is 9.80 Å². The highest BCUT2D eigenvalue weighted by Gasteiger charge is 2.20. The summed E-state index contributed by atoms with van der Waals surface area (Å²) in [5.74, 6) is -0.302. The van der Waals surface area contributed by atoms with Gasteiger partial charge in [0.05, 0.1) is 13.1 Å². The maximum Gasteiger partial charge on any atom is 0.323 e. The molecule has 0 aromatic heterocycles. The number of alkyl halides is 4. The number of halogens is 4. The molecule has 0 amide bonds. The predicted molar refractivity (Wildman–Crippen MR) is 223 cm³/mol. The Bertz CT molecular complexity index is 1490. The van der Waals surface area contributed by atoms with Gasteiger partial charge in [-0.25, -0.2) is 0 Å². The fourth-order valence-electron chi connectivity index (χ4n) is 5.79. The van der Waals surface area contributed by atoms with Crippen molar-refractivity contribution in [3.63, 3.8) is 0 Å². The van der Waals surface area contributed by atoms with E-state index in [4.69, 9.17) is 73.1 Å². The zero-order valence-corrected chi connectivity index (χ0v) is 33.9. The number of nitrogens with two attached hydrogens (primary N) is 3. The molecular formula is C39H52Cl4N6O6. The molecule has 7 N–H and O–H groups in total. The van der Waals surface area contributed by atoms with Crippen molar-refractivity contribution in [2.45, 2.75) is 37.4 Å². The number of hydrogen-bond acceptors (Lipinski definition) is 11. The van der Waals surface area contributed by atoms with Crippen LogP contribution < -0.4 is 31.9 Å². The molecule has 0 aliphatic carbocycles. The van der Waals surface area contributed by atoms with Crippen molar-refractivity contribution in [2.75, 3.05) is 90.7 Å². The van der Waals surface area contributed by atoms with Crippen molar-refractivity contribution >= 4 is 81.4 Å². The summed E-state index contributed by atoms with van der Waals surface area (Å²) in [5.41, 5.74) is 23.4. The molecule has 0 aliphatic rings. The molecule has 3 atom stereocenters. The number of esters is 2. The normalized spacial score (nSPS) is 12.7. The molecule has 16 heteroatoms. The van der Waals surface area contributed by atoms with Crippen LogP contribution in [0.4, 0.5) is 17.1 Å². The molecule has 12 nitrogen and oxygen atoms in total. The lowest BCUT2D eigenvalue weighted by molar-refractivity contribution is -0.145. The van der Waals surface area contributed by atoms with Gasteiger partial charge in [0.2, 0.25) is 0 Å². The van der Waals surface area contributed by atoms with Gasteiger partial charge < -0.3 is 46.5 Å². The minimum atomic E-state index is -1.09. The fraction of sp³-hybridized carbons (Fsp3) is 0.462. The second kappa shape index (κ2) is 24.9. The summed E-state index contributed by atoms with van der Waals surface area (Å²) in [6.07, 6.45) is 0.730. The van der Waals surface area contributed by atoms with Gasteiger partial charge in [-0.15, -0.1) is 46.4 Å². The van der Waals surface area contributed by atoms with Gasteiger partial charge in [0, 0.05) is 66.8 Å². The van der Waals surface area contributed by atoms with Crippen LogP contribution in [0, 0.1) is 0 Å². The predicted octanol–water partition coefficient (Wildman–Crippen LogP) is 4.24. The summed E-state index contributed by atoms with van der Waals surface area (Å²) in [5, 5.41) is 9.19. The molecule has 3 aromatic rings. The number of aliphatic carboxylic acids is 1. The average molecular weight is 843 g/mol. The Balaban J connectivity index is 1.58. The van der Waals surface area contributed by atoms with E-state index < -0.39 is 36.0 Å². The lowest BCUT2D eigenvalue weighted by atomic mass is 10.1. The van der Waals surface area contributed by atoms with Crippen molar-refractivity contribution in [2.24, 2.45) is 17.2 Å². The average Bonchev–Trinajstić information content (AvgIpc) is 3.18. The summed E-state index contributed by atoms with van der Waals surface area (Å²) in [7, 11) is 0. The van der Waals surface area contributed by atoms with Gasteiger partial charge >= 0.3 is 17.9 Å². The van der Waals surface area contributed by atoms with Crippen LogP contribution in [0.15, 0.2) is 72.8 Å². The Labute approximate surface area is 343 Å². The molecule has 0 saturated carbocycles. The Kier molecular flexibility index (Phi) is 20.8. The topological polar surface area (TPSA) is 178 Å². The fourth-order valence-corrected chi connectivity index (χ4v) is 6.61. The first-order valence-corrected chi connectivity index (χ1v) is 20.2. The van der Waals surface area contributed by atoms with Crippen LogP contribution in [0.2, 0.25) is 0 Å². The molecular weight excluding hydrogens is 790 g/mol. The molecule has 0 bridgehead atoms. The van der Waals surface area contributed by atoms with Crippen molar-refractivity contribution in [1.29, 1.82) is 0 Å². The smallest absolute Gasteiger partial charge is 0.323 e. The Morgan fingerprint density at radius 1 is 0.491 bits per heavy atom. The minimum Gasteiger partial charge on any atom is -0.480 e. The van der Waals surface area contributed by atoms with Crippen molar-refractivity contribution in [3.8, 4) is 0 Å². The largest absolute Gasteiger partial charge is 0.480 e. The van der Waals surface area contributed by atoms with Crippen LogP contribution in [0.3, 0.4) is 0 Å². The number of carboxylic acid groups (broad SMARTS) is 1. The summed E-state index contributed by atoms with van der Waals surface area (Å²) >= 11 is 23.7. The third-order valence-electron chi connectivity index (χ3n) is 8.82. The standard InChI is InChI=1S/C39H52Cl4N6O6/c40-13-17-47(18-14-41)31-7-3-29(4-8-31)26-35(45)38(52)54-23-21-49(33-11-1-28(2-12-33)25-34(44)37(50)51)22-24-55-39(53)36(46)27-30-5-9-32(10-6-30)48(19-15-42)20-16-43/h1-12,34-36H,13-27,44-46H2,(H,50,51)/t34-,35-,36-/m0/s1. The van der Waals surface area contributed by atoms with E-state index in [1.165, 1.54) is 0 Å². The van der Waals surface area contributed by atoms with Crippen LogP contribution >= 0.6 is 46.4 Å². The monoisotopic (exact) mass is 840 g/mol. The molecule has 3 rings (SSSR count). The van der Waals surface area contributed by atoms with Gasteiger partial charge in [-0.2, -0.15) is 0 Å². The SMILES string of the molecule is N[C@@H](Cc1ccc(N(CCOC(=O)[C@@H](N)Cc2ccc(N(CCCl)CCCl)cc2)CCOC(=O)[C@@H](N)Cc2ccc(N(CCCl)CCCl)cc2)cc1)C(=O)O. The van der Waals surface area contributed by atoms with E-state index in [9.17, 15) is 19.5 Å². The van der Waals surface area contributed by atoms with E-state index in [0.29, 0.717) is 49.7 Å². The minimum absolute atomic E-state index is 0.0135. The molecule has 55 heavy (non-hydrogen) atoms. The van der Waals surface area contributed by atoms with E-state index in [0.717, 1.165) is 33.8 Å². The number of anilines is 3. The summed E-state index contributed by atoms with van der Waals surface area (Å²) < 4.78 is 11.1. The zero-order valence-electron chi connectivity index (χ0n) is 30.8. The zero-order chi connectivity index (χ0) is 40.2. The first-order chi connectivity index (χ1) is 26.5. The van der Waals surface area contributed by atoms with Crippen LogP contribution in [-0.4, -0.2) is 117 Å². The molecule has 0 heterocycles. The number of carboxylic acids is 1. The second-order valence-corrected chi connectivity index (χ2v) is 14.3. The molecule has 302 valence electrons. The quantitative estimate of drug-likeness (QED) is 0.0669. The van der Waals surface area contributed by atoms with E-state index >= 15 is 0 Å². The van der Waals surface area contributed by atoms with Crippen molar-refractivity contribution < 1.29 is 29.0 Å². The number of rotatable bonds is 26. The number of carbonyl (C=O) groups excluding carboxylic acids is 2. The van der Waals surface area contributed by atoms with Gasteiger partial charge in [-0.1, -0.05) is 36.4 Å². The van der Waals surface area contributed by atoms with Crippen LogP contribution in [0.5, 0.6) is 0 Å². The van der Waals surface area contributed by atoms with E-state index in [1.807, 2.05) is 53.4 Å². The van der Waals surface area contributed by atoms with Crippen molar-refractivity contribution in [1.82, 2.24) is 0 Å². The maximum absolute atomic E-state index is 12.9. The highest BCUT2D eigenvalue weighted by molar-refractivity contribution is 6.19. The highest BCUT2D eigenvalue weighted by Crippen LogP contribution is 2.19. The Morgan fingerprint density at radius 3 is 1.04 bits per heavy atom. The third-order valence-corrected chi connectivity index (χ3v) is 9.50. The number of carbonyl (C=O) groups is 3. The first-order valence-electron chi connectivity index (χ1n) is 18.1. The van der Waals surface area contributed by atoms with Gasteiger partial charge in [0.25, 0.3) is 0 Å². The number of benzene rings is 3. The highest BCUT2D eigenvalue weighted by atomic mass is 35.5. The van der Waals surface area contributed by atoms with Crippen molar-refractivity contribution in [3.05, 3.63) is 89.5 Å². The Morgan fingerprint density at radius 2 is 0.764 bits per heavy atom. The molecule has 0 saturated heterocycles. The molecule has 0 radical (unpaired) electrons. The van der Waals surface area contributed by atoms with Gasteiger partial charge in [-0.3, -0.25) is 14.4 Å². The third kappa shape index (κ3) is 15.9. The maximum atomic E-state index is 12.9. The molecule has 0 fully saturated rings. The lowest BCUT2D eigenvalue weighted by Gasteiger charge is -2.25. The first kappa shape index (κ1) is 45.9. The van der Waals surface area contributed by atoms with Crippen LogP contribution in [0.1, 0.15) is 16.7 Å². The van der Waals surface area contributed by atoms with Crippen LogP contribution in [0.25, 0.3) is 0 Å². The molecule has 0 spiro atoms. The van der Waals surface area contributed by atoms with Crippen LogP contribution in [-0.2, 0) is 43.1 Å².